The van der Waals surface area contributed by atoms with E-state index in [1.165, 1.54) is 0 Å². The highest BCUT2D eigenvalue weighted by atomic mass is 16.5. The minimum atomic E-state index is -0.705. The maximum Gasteiger partial charge on any atom is 0.315 e. The van der Waals surface area contributed by atoms with Crippen molar-refractivity contribution in [3.05, 3.63) is 64.9 Å². The van der Waals surface area contributed by atoms with Crippen LogP contribution >= 0.6 is 0 Å². The number of benzene rings is 2. The van der Waals surface area contributed by atoms with Gasteiger partial charge in [-0.2, -0.15) is 0 Å². The fraction of sp³-hybridized carbons (Fsp3) is 0.414. The summed E-state index contributed by atoms with van der Waals surface area (Å²) in [6, 6.07) is 13.3. The van der Waals surface area contributed by atoms with Crippen molar-refractivity contribution in [1.29, 1.82) is 0 Å². The normalized spacial score (nSPS) is 21.6. The highest BCUT2D eigenvalue weighted by Gasteiger charge is 2.45. The van der Waals surface area contributed by atoms with Crippen LogP contribution in [0.5, 0.6) is 17.2 Å². The van der Waals surface area contributed by atoms with Gasteiger partial charge in [0.25, 0.3) is 0 Å². The van der Waals surface area contributed by atoms with Gasteiger partial charge >= 0.3 is 5.97 Å². The average Bonchev–Trinajstić information content (AvgIpc) is 2.86. The van der Waals surface area contributed by atoms with Gasteiger partial charge in [0.05, 0.1) is 27.4 Å². The van der Waals surface area contributed by atoms with Crippen LogP contribution in [0.4, 0.5) is 0 Å². The lowest BCUT2D eigenvalue weighted by Gasteiger charge is -2.37. The van der Waals surface area contributed by atoms with E-state index in [4.69, 9.17) is 23.9 Å². The monoisotopic (exact) mass is 491 g/mol. The van der Waals surface area contributed by atoms with Gasteiger partial charge in [-0.25, -0.2) is 0 Å². The van der Waals surface area contributed by atoms with Gasteiger partial charge in [-0.3, -0.25) is 14.6 Å². The zero-order valence-electron chi connectivity index (χ0n) is 21.7. The Bertz CT molecular complexity index is 1230. The third kappa shape index (κ3) is 4.74. The van der Waals surface area contributed by atoms with E-state index in [0.717, 1.165) is 11.1 Å². The van der Waals surface area contributed by atoms with Gasteiger partial charge in [0.1, 0.15) is 11.7 Å². The number of para-hydroxylation sites is 1. The SMILES string of the molecule is COc1ccc(C2CC(=O)C3=C(C2)N=C(C)C(C(=O)OC(C)C)C3c2ccccc2OC)cc1OC. The molecule has 1 aliphatic carbocycles. The molecule has 2 aromatic carbocycles. The van der Waals surface area contributed by atoms with Crippen molar-refractivity contribution < 1.29 is 28.5 Å². The zero-order valence-corrected chi connectivity index (χ0v) is 21.7. The number of methoxy groups -OCH3 is 3. The number of Topliss-reactive ketones (excluding diaryl/α,β-unsaturated/α-hetero) is 1. The molecule has 0 saturated heterocycles. The number of nitrogens with zero attached hydrogens (tertiary/aromatic N) is 1. The number of hydrogen-bond donors (Lipinski definition) is 0. The lowest BCUT2D eigenvalue weighted by Crippen LogP contribution is -2.39. The molecule has 190 valence electrons. The Morgan fingerprint density at radius 3 is 2.31 bits per heavy atom. The quantitative estimate of drug-likeness (QED) is 0.493. The van der Waals surface area contributed by atoms with E-state index in [2.05, 4.69) is 0 Å². The highest BCUT2D eigenvalue weighted by Crippen LogP contribution is 2.49. The van der Waals surface area contributed by atoms with E-state index in [9.17, 15) is 9.59 Å². The number of aliphatic imine (C=N–C) groups is 1. The second kappa shape index (κ2) is 10.6. The van der Waals surface area contributed by atoms with Crippen molar-refractivity contribution in [3.63, 3.8) is 0 Å². The molecular weight excluding hydrogens is 458 g/mol. The number of carbonyl (C=O) groups is 2. The molecule has 2 aliphatic rings. The Hall–Kier alpha value is -3.61. The zero-order chi connectivity index (χ0) is 26.0. The Kier molecular flexibility index (Phi) is 7.48. The van der Waals surface area contributed by atoms with Gasteiger partial charge in [0, 0.05) is 34.9 Å². The smallest absolute Gasteiger partial charge is 0.315 e. The van der Waals surface area contributed by atoms with Crippen LogP contribution in [-0.2, 0) is 14.3 Å². The van der Waals surface area contributed by atoms with Crippen LogP contribution in [0.15, 0.2) is 58.7 Å². The largest absolute Gasteiger partial charge is 0.496 e. The fourth-order valence-electron chi connectivity index (χ4n) is 5.27. The molecule has 0 fully saturated rings. The second-order valence-electron chi connectivity index (χ2n) is 9.44. The molecule has 1 aliphatic heterocycles. The molecule has 3 unspecified atom stereocenters. The van der Waals surface area contributed by atoms with E-state index in [1.807, 2.05) is 63.2 Å². The molecule has 0 spiro atoms. The molecule has 36 heavy (non-hydrogen) atoms. The van der Waals surface area contributed by atoms with Crippen LogP contribution in [0.1, 0.15) is 56.6 Å². The molecule has 7 nitrogen and oxygen atoms in total. The molecule has 0 saturated carbocycles. The Morgan fingerprint density at radius 2 is 1.64 bits per heavy atom. The average molecular weight is 492 g/mol. The van der Waals surface area contributed by atoms with Crippen LogP contribution in [0, 0.1) is 5.92 Å². The number of allylic oxidation sites excluding steroid dienone is 2. The van der Waals surface area contributed by atoms with Gasteiger partial charge in [-0.05, 0) is 56.9 Å². The van der Waals surface area contributed by atoms with Gasteiger partial charge in [0.2, 0.25) is 0 Å². The Morgan fingerprint density at radius 1 is 0.944 bits per heavy atom. The van der Waals surface area contributed by atoms with Crippen molar-refractivity contribution in [2.24, 2.45) is 10.9 Å². The van der Waals surface area contributed by atoms with Crippen molar-refractivity contribution in [3.8, 4) is 17.2 Å². The summed E-state index contributed by atoms with van der Waals surface area (Å²) in [6.07, 6.45) is 0.599. The third-order valence-electron chi connectivity index (χ3n) is 6.85. The molecule has 0 N–H and O–H groups in total. The first-order valence-corrected chi connectivity index (χ1v) is 12.2. The molecule has 0 radical (unpaired) electrons. The molecule has 0 bridgehead atoms. The Labute approximate surface area is 212 Å². The highest BCUT2D eigenvalue weighted by molar-refractivity contribution is 6.09. The van der Waals surface area contributed by atoms with Crippen molar-refractivity contribution in [1.82, 2.24) is 0 Å². The first kappa shape index (κ1) is 25.5. The maximum atomic E-state index is 13.8. The third-order valence-corrected chi connectivity index (χ3v) is 6.85. The van der Waals surface area contributed by atoms with E-state index >= 15 is 0 Å². The molecule has 0 amide bonds. The summed E-state index contributed by atoms with van der Waals surface area (Å²) in [4.78, 5) is 31.9. The summed E-state index contributed by atoms with van der Waals surface area (Å²) in [6.45, 7) is 5.47. The topological polar surface area (TPSA) is 83.4 Å². The number of rotatable bonds is 7. The summed E-state index contributed by atoms with van der Waals surface area (Å²) in [5.74, 6) is 0.176. The van der Waals surface area contributed by atoms with Gasteiger partial charge in [-0.1, -0.05) is 24.3 Å². The molecule has 2 aromatic rings. The minimum absolute atomic E-state index is 0.0227. The molecular formula is C29H33NO6. The Balaban J connectivity index is 1.81. The molecule has 0 aromatic heterocycles. The van der Waals surface area contributed by atoms with Crippen LogP contribution in [-0.4, -0.2) is 44.9 Å². The summed E-state index contributed by atoms with van der Waals surface area (Å²) < 4.78 is 22.1. The number of ketones is 1. The fourth-order valence-corrected chi connectivity index (χ4v) is 5.27. The molecule has 3 atom stereocenters. The standard InChI is InChI=1S/C29H33NO6/c1-16(2)36-29(32)26-17(3)30-21-13-19(18-11-12-24(34-5)25(15-18)35-6)14-22(31)28(21)27(26)20-9-7-8-10-23(20)33-4/h7-12,15-16,19,26-27H,13-14H2,1-6H3. The summed E-state index contributed by atoms with van der Waals surface area (Å²) >= 11 is 0. The molecule has 7 heteroatoms. The molecule has 4 rings (SSSR count). The number of ether oxygens (including phenoxy) is 4. The number of hydrogen-bond acceptors (Lipinski definition) is 7. The van der Waals surface area contributed by atoms with E-state index in [-0.39, 0.29) is 23.8 Å². The van der Waals surface area contributed by atoms with Crippen molar-refractivity contribution in [2.75, 3.05) is 21.3 Å². The second-order valence-corrected chi connectivity index (χ2v) is 9.44. The predicted molar refractivity (Wildman–Crippen MR) is 137 cm³/mol. The number of esters is 1. The maximum absolute atomic E-state index is 13.8. The lowest BCUT2D eigenvalue weighted by molar-refractivity contribution is -0.150. The van der Waals surface area contributed by atoms with Crippen LogP contribution in [0.2, 0.25) is 0 Å². The minimum Gasteiger partial charge on any atom is -0.496 e. The summed E-state index contributed by atoms with van der Waals surface area (Å²) in [7, 11) is 4.78. The summed E-state index contributed by atoms with van der Waals surface area (Å²) in [5, 5.41) is 0. The van der Waals surface area contributed by atoms with Gasteiger partial charge < -0.3 is 18.9 Å². The first-order valence-electron chi connectivity index (χ1n) is 12.2. The molecule has 1 heterocycles. The van der Waals surface area contributed by atoms with Crippen molar-refractivity contribution in [2.45, 2.75) is 51.6 Å². The van der Waals surface area contributed by atoms with Crippen molar-refractivity contribution >= 4 is 17.5 Å². The van der Waals surface area contributed by atoms with E-state index < -0.39 is 11.8 Å². The predicted octanol–water partition coefficient (Wildman–Crippen LogP) is 5.24. The van der Waals surface area contributed by atoms with Crippen LogP contribution < -0.4 is 14.2 Å². The van der Waals surface area contributed by atoms with Gasteiger partial charge in [0.15, 0.2) is 17.3 Å². The lowest BCUT2D eigenvalue weighted by atomic mass is 9.69. The van der Waals surface area contributed by atoms with E-state index in [0.29, 0.717) is 47.1 Å². The summed E-state index contributed by atoms with van der Waals surface area (Å²) in [5.41, 5.74) is 3.69. The van der Waals surface area contributed by atoms with Crippen LogP contribution in [0.3, 0.4) is 0 Å². The number of carbonyl (C=O) groups excluding carboxylic acids is 2. The van der Waals surface area contributed by atoms with E-state index in [1.54, 1.807) is 21.3 Å². The van der Waals surface area contributed by atoms with Gasteiger partial charge in [-0.15, -0.1) is 0 Å². The van der Waals surface area contributed by atoms with Crippen LogP contribution in [0.25, 0.3) is 0 Å². The first-order chi connectivity index (χ1) is 17.3.